The molecule has 0 fully saturated rings. The van der Waals surface area contributed by atoms with Crippen molar-refractivity contribution in [3.05, 3.63) is 36.5 Å². The highest BCUT2D eigenvalue weighted by Gasteiger charge is 2.48. The number of halogens is 3. The monoisotopic (exact) mass is 333 g/mol. The molecule has 4 nitrogen and oxygen atoms in total. The highest BCUT2D eigenvalue weighted by molar-refractivity contribution is 7.88. The molecule has 0 spiro atoms. The Hall–Kier alpha value is -1.87. The van der Waals surface area contributed by atoms with Crippen LogP contribution in [-0.4, -0.2) is 18.9 Å². The average Bonchev–Trinajstić information content (AvgIpc) is 2.77. The topological polar surface area (TPSA) is 56.3 Å². The zero-order chi connectivity index (χ0) is 15.3. The number of hydrogen-bond donors (Lipinski definition) is 0. The predicted molar refractivity (Wildman–Crippen MR) is 72.7 cm³/mol. The highest BCUT2D eigenvalue weighted by atomic mass is 32.2. The Morgan fingerprint density at radius 1 is 1.14 bits per heavy atom. The van der Waals surface area contributed by atoms with Crippen LogP contribution in [0.3, 0.4) is 0 Å². The van der Waals surface area contributed by atoms with Gasteiger partial charge < -0.3 is 4.18 Å². The predicted octanol–water partition coefficient (Wildman–Crippen LogP) is 3.68. The Kier molecular flexibility index (Phi) is 3.06. The van der Waals surface area contributed by atoms with Crippen molar-refractivity contribution in [1.82, 2.24) is 4.98 Å². The lowest BCUT2D eigenvalue weighted by Crippen LogP contribution is -2.28. The molecule has 0 saturated carbocycles. The molecule has 0 atom stereocenters. The normalized spacial score (nSPS) is 12.9. The number of hydrogen-bond acceptors (Lipinski definition) is 5. The standard InChI is InChI=1S/C12H6F3NO3S2/c13-12(14,15)21(17,18)19-8-4-1-3-7-10-9(20-11(7)8)5-2-6-16-10/h1-6H. The van der Waals surface area contributed by atoms with Gasteiger partial charge in [0, 0.05) is 11.6 Å². The van der Waals surface area contributed by atoms with Gasteiger partial charge in [0.1, 0.15) is 0 Å². The van der Waals surface area contributed by atoms with Gasteiger partial charge in [-0.2, -0.15) is 21.6 Å². The molecule has 0 amide bonds. The van der Waals surface area contributed by atoms with Gasteiger partial charge in [0.2, 0.25) is 0 Å². The van der Waals surface area contributed by atoms with Gasteiger partial charge in [0.25, 0.3) is 0 Å². The molecule has 3 aromatic rings. The second-order valence-corrected chi connectivity index (χ2v) is 6.66. The van der Waals surface area contributed by atoms with Gasteiger partial charge in [-0.05, 0) is 18.2 Å². The lowest BCUT2D eigenvalue weighted by molar-refractivity contribution is -0.0499. The van der Waals surface area contributed by atoms with Crippen LogP contribution in [0.1, 0.15) is 0 Å². The number of nitrogens with zero attached hydrogens (tertiary/aromatic N) is 1. The minimum atomic E-state index is -5.69. The number of thiophene rings is 1. The fourth-order valence-corrected chi connectivity index (χ4v) is 3.46. The average molecular weight is 333 g/mol. The van der Waals surface area contributed by atoms with Crippen molar-refractivity contribution in [3.8, 4) is 5.75 Å². The van der Waals surface area contributed by atoms with Crippen LogP contribution in [0, 0.1) is 0 Å². The quantitative estimate of drug-likeness (QED) is 0.530. The van der Waals surface area contributed by atoms with E-state index in [0.717, 1.165) is 16.0 Å². The van der Waals surface area contributed by atoms with E-state index >= 15 is 0 Å². The molecule has 2 heterocycles. The molecule has 0 radical (unpaired) electrons. The van der Waals surface area contributed by atoms with Crippen LogP contribution in [0.2, 0.25) is 0 Å². The first-order valence-electron chi connectivity index (χ1n) is 5.56. The van der Waals surface area contributed by atoms with E-state index in [0.29, 0.717) is 15.6 Å². The van der Waals surface area contributed by atoms with Crippen LogP contribution in [-0.2, 0) is 10.1 Å². The number of benzene rings is 1. The van der Waals surface area contributed by atoms with Crippen molar-refractivity contribution in [3.63, 3.8) is 0 Å². The molecule has 0 saturated heterocycles. The Balaban J connectivity index is 2.21. The van der Waals surface area contributed by atoms with Crippen LogP contribution >= 0.6 is 11.3 Å². The van der Waals surface area contributed by atoms with Crippen molar-refractivity contribution in [1.29, 1.82) is 0 Å². The highest BCUT2D eigenvalue weighted by Crippen LogP contribution is 2.39. The molecular weight excluding hydrogens is 327 g/mol. The lowest BCUT2D eigenvalue weighted by Gasteiger charge is -2.09. The minimum Gasteiger partial charge on any atom is -0.374 e. The Morgan fingerprint density at radius 3 is 2.62 bits per heavy atom. The van der Waals surface area contributed by atoms with Crippen molar-refractivity contribution in [2.24, 2.45) is 0 Å². The number of aromatic nitrogens is 1. The van der Waals surface area contributed by atoms with Crippen molar-refractivity contribution in [2.75, 3.05) is 0 Å². The van der Waals surface area contributed by atoms with Gasteiger partial charge in [-0.1, -0.05) is 12.1 Å². The van der Waals surface area contributed by atoms with E-state index in [2.05, 4.69) is 9.17 Å². The van der Waals surface area contributed by atoms with Crippen LogP contribution < -0.4 is 4.18 Å². The van der Waals surface area contributed by atoms with E-state index < -0.39 is 15.6 Å². The molecule has 9 heteroatoms. The Morgan fingerprint density at radius 2 is 1.90 bits per heavy atom. The van der Waals surface area contributed by atoms with Crippen LogP contribution in [0.15, 0.2) is 36.5 Å². The third-order valence-corrected chi connectivity index (χ3v) is 4.84. The zero-order valence-corrected chi connectivity index (χ0v) is 11.7. The summed E-state index contributed by atoms with van der Waals surface area (Å²) in [6.07, 6.45) is 1.55. The fraction of sp³-hybridized carbons (Fsp3) is 0.0833. The molecule has 0 unspecified atom stereocenters. The molecule has 0 N–H and O–H groups in total. The van der Waals surface area contributed by atoms with E-state index in [-0.39, 0.29) is 5.75 Å². The van der Waals surface area contributed by atoms with Crippen molar-refractivity contribution in [2.45, 2.75) is 5.51 Å². The number of rotatable bonds is 2. The summed E-state index contributed by atoms with van der Waals surface area (Å²) in [5, 5.41) is 0.547. The van der Waals surface area contributed by atoms with E-state index in [1.54, 1.807) is 24.4 Å². The molecule has 0 aliphatic heterocycles. The maximum absolute atomic E-state index is 12.4. The summed E-state index contributed by atoms with van der Waals surface area (Å²) in [5.74, 6) is -0.354. The summed E-state index contributed by atoms with van der Waals surface area (Å²) in [5.41, 5.74) is -4.88. The molecule has 2 aromatic heterocycles. The first-order chi connectivity index (χ1) is 9.79. The number of alkyl halides is 3. The molecule has 1 aromatic carbocycles. The SMILES string of the molecule is O=S(=O)(Oc1cccc2c1sc1cccnc12)C(F)(F)F. The lowest BCUT2D eigenvalue weighted by atomic mass is 10.2. The molecule has 0 bridgehead atoms. The maximum Gasteiger partial charge on any atom is 0.534 e. The van der Waals surface area contributed by atoms with Crippen LogP contribution in [0.5, 0.6) is 5.75 Å². The molecule has 21 heavy (non-hydrogen) atoms. The minimum absolute atomic E-state index is 0.305. The Bertz CT molecular complexity index is 932. The second-order valence-electron chi connectivity index (χ2n) is 4.07. The summed E-state index contributed by atoms with van der Waals surface area (Å²) in [6, 6.07) is 7.68. The smallest absolute Gasteiger partial charge is 0.374 e. The van der Waals surface area contributed by atoms with Gasteiger partial charge in [0.05, 0.1) is 14.9 Å². The van der Waals surface area contributed by atoms with Crippen LogP contribution in [0.4, 0.5) is 13.2 Å². The molecule has 3 rings (SSSR count). The number of fused-ring (bicyclic) bond motifs is 3. The molecular formula is C12H6F3NO3S2. The van der Waals surface area contributed by atoms with Crippen LogP contribution in [0.25, 0.3) is 20.3 Å². The third-order valence-electron chi connectivity index (χ3n) is 2.70. The van der Waals surface area contributed by atoms with E-state index in [1.807, 2.05) is 0 Å². The summed E-state index contributed by atoms with van der Waals surface area (Å²) in [7, 11) is -5.69. The number of pyridine rings is 1. The molecule has 110 valence electrons. The van der Waals surface area contributed by atoms with E-state index in [1.165, 1.54) is 12.1 Å². The summed E-state index contributed by atoms with van der Waals surface area (Å²) < 4.78 is 64.7. The Labute approximate surface area is 120 Å². The van der Waals surface area contributed by atoms with Crippen molar-refractivity contribution >= 4 is 41.8 Å². The summed E-state index contributed by atoms with van der Waals surface area (Å²) in [6.45, 7) is 0. The van der Waals surface area contributed by atoms with Gasteiger partial charge in [0.15, 0.2) is 5.75 Å². The van der Waals surface area contributed by atoms with E-state index in [4.69, 9.17) is 0 Å². The maximum atomic E-state index is 12.4. The molecule has 0 aliphatic carbocycles. The first-order valence-corrected chi connectivity index (χ1v) is 7.79. The van der Waals surface area contributed by atoms with E-state index in [9.17, 15) is 21.6 Å². The van der Waals surface area contributed by atoms with Gasteiger partial charge in [-0.25, -0.2) is 0 Å². The summed E-state index contributed by atoms with van der Waals surface area (Å²) >= 11 is 1.12. The van der Waals surface area contributed by atoms with Crippen molar-refractivity contribution < 1.29 is 25.8 Å². The second kappa shape index (κ2) is 4.57. The summed E-state index contributed by atoms with van der Waals surface area (Å²) in [4.78, 5) is 4.14. The zero-order valence-electron chi connectivity index (χ0n) is 10.1. The van der Waals surface area contributed by atoms with Gasteiger partial charge in [-0.15, -0.1) is 11.3 Å². The molecule has 0 aliphatic rings. The first kappa shape index (κ1) is 14.1. The third kappa shape index (κ3) is 2.32. The fourth-order valence-electron chi connectivity index (χ4n) is 1.82. The largest absolute Gasteiger partial charge is 0.534 e. The van der Waals surface area contributed by atoms with Gasteiger partial charge in [-0.3, -0.25) is 4.98 Å². The van der Waals surface area contributed by atoms with Gasteiger partial charge >= 0.3 is 15.6 Å².